The minimum Gasteiger partial charge on any atom is -0.282 e. The van der Waals surface area contributed by atoms with Crippen LogP contribution >= 0.6 is 31.9 Å². The Morgan fingerprint density at radius 3 is 2.14 bits per heavy atom. The molecule has 0 fully saturated rings. The van der Waals surface area contributed by atoms with Gasteiger partial charge in [-0.25, -0.2) is 0 Å². The average molecular weight is 474 g/mol. The molecule has 1 aliphatic carbocycles. The Hall–Kier alpha value is -0.520. The molecule has 2 N–H and O–H groups in total. The number of alkyl halides is 2. The van der Waals surface area contributed by atoms with Gasteiger partial charge in [0.25, 0.3) is 20.2 Å². The van der Waals surface area contributed by atoms with Gasteiger partial charge in [-0.1, -0.05) is 62.2 Å². The first-order chi connectivity index (χ1) is 9.92. The lowest BCUT2D eigenvalue weighted by Crippen LogP contribution is -2.20. The van der Waals surface area contributed by atoms with Crippen LogP contribution in [0.15, 0.2) is 52.3 Å². The molecule has 1 aromatic carbocycles. The van der Waals surface area contributed by atoms with Crippen molar-refractivity contribution in [2.75, 3.05) is 0 Å². The lowest BCUT2D eigenvalue weighted by molar-refractivity contribution is 0.479. The number of allylic oxidation sites excluding steroid dienone is 4. The summed E-state index contributed by atoms with van der Waals surface area (Å²) in [6.45, 7) is 0. The van der Waals surface area contributed by atoms with E-state index in [1.807, 2.05) is 0 Å². The van der Waals surface area contributed by atoms with Crippen LogP contribution in [0.4, 0.5) is 0 Å². The van der Waals surface area contributed by atoms with Crippen molar-refractivity contribution in [3.63, 3.8) is 0 Å². The van der Waals surface area contributed by atoms with Gasteiger partial charge in [-0.2, -0.15) is 16.8 Å². The molecule has 0 radical (unpaired) electrons. The highest BCUT2D eigenvalue weighted by Crippen LogP contribution is 2.43. The van der Waals surface area contributed by atoms with Crippen molar-refractivity contribution in [2.24, 2.45) is 0 Å². The molecule has 1 unspecified atom stereocenters. The fraction of sp³-hybridized carbons (Fsp3) is 0.167. The zero-order valence-electron chi connectivity index (χ0n) is 10.7. The van der Waals surface area contributed by atoms with E-state index in [0.29, 0.717) is 0 Å². The molecule has 0 saturated heterocycles. The molecule has 0 aromatic heterocycles. The summed E-state index contributed by atoms with van der Waals surface area (Å²) in [6.07, 6.45) is 4.16. The molecule has 6 nitrogen and oxygen atoms in total. The maximum absolute atomic E-state index is 11.6. The zero-order valence-corrected chi connectivity index (χ0v) is 15.5. The second kappa shape index (κ2) is 5.84. The molecule has 120 valence electrons. The van der Waals surface area contributed by atoms with Crippen LogP contribution in [0.2, 0.25) is 0 Å². The third kappa shape index (κ3) is 3.87. The lowest BCUT2D eigenvalue weighted by Gasteiger charge is -2.25. The number of halogens is 2. The second-order valence-corrected chi connectivity index (χ2v) is 11.0. The largest absolute Gasteiger partial charge is 0.294 e. The molecule has 1 atom stereocenters. The van der Waals surface area contributed by atoms with Crippen molar-refractivity contribution in [1.29, 1.82) is 0 Å². The standard InChI is InChI=1S/C12H10Br2O6S2/c13-12(14)6-5-9(11(7-12)22(18,19)20)8-3-1-2-4-10(8)21(15,16)17/h1-7,9H,(H,15,16,17)(H,18,19,20). The molecule has 0 spiro atoms. The molecule has 2 rings (SSSR count). The predicted molar refractivity (Wildman–Crippen MR) is 88.4 cm³/mol. The van der Waals surface area contributed by atoms with Crippen molar-refractivity contribution < 1.29 is 25.9 Å². The Morgan fingerprint density at radius 1 is 1.00 bits per heavy atom. The van der Waals surface area contributed by atoms with Crippen LogP contribution in [0.5, 0.6) is 0 Å². The van der Waals surface area contributed by atoms with E-state index in [2.05, 4.69) is 31.9 Å². The van der Waals surface area contributed by atoms with Crippen LogP contribution in [-0.4, -0.2) is 29.2 Å². The van der Waals surface area contributed by atoms with Crippen molar-refractivity contribution in [3.05, 3.63) is 53.0 Å². The van der Waals surface area contributed by atoms with Crippen molar-refractivity contribution >= 4 is 52.1 Å². The molecule has 1 aromatic rings. The van der Waals surface area contributed by atoms with Crippen LogP contribution in [-0.2, 0) is 20.2 Å². The normalized spacial score (nSPS) is 21.5. The van der Waals surface area contributed by atoms with Gasteiger partial charge in [-0.05, 0) is 17.7 Å². The van der Waals surface area contributed by atoms with Gasteiger partial charge in [0.2, 0.25) is 0 Å². The minimum absolute atomic E-state index is 0.0422. The van der Waals surface area contributed by atoms with E-state index >= 15 is 0 Å². The van der Waals surface area contributed by atoms with Crippen LogP contribution in [0.25, 0.3) is 0 Å². The summed E-state index contributed by atoms with van der Waals surface area (Å²) in [7, 11) is -9.12. The molecule has 0 aliphatic heterocycles. The maximum Gasteiger partial charge on any atom is 0.294 e. The van der Waals surface area contributed by atoms with Gasteiger partial charge in [-0.15, -0.1) is 0 Å². The number of hydrogen-bond donors (Lipinski definition) is 2. The first-order valence-corrected chi connectivity index (χ1v) is 10.2. The van der Waals surface area contributed by atoms with Crippen LogP contribution in [0.1, 0.15) is 11.5 Å². The maximum atomic E-state index is 11.6. The third-order valence-electron chi connectivity index (χ3n) is 2.98. The van der Waals surface area contributed by atoms with E-state index in [1.165, 1.54) is 30.4 Å². The monoisotopic (exact) mass is 472 g/mol. The van der Waals surface area contributed by atoms with Crippen molar-refractivity contribution in [2.45, 2.75) is 14.0 Å². The summed E-state index contributed by atoms with van der Waals surface area (Å²) in [5, 5.41) is 0. The Kier molecular flexibility index (Phi) is 4.73. The Labute approximate surface area is 144 Å². The smallest absolute Gasteiger partial charge is 0.282 e. The van der Waals surface area contributed by atoms with Gasteiger partial charge in [0.15, 0.2) is 0 Å². The molecule has 10 heteroatoms. The SMILES string of the molecule is O=S(=O)(O)C1=CC(Br)(Br)C=CC1c1ccccc1S(=O)(=O)O. The van der Waals surface area contributed by atoms with E-state index < -0.39 is 39.2 Å². The molecule has 22 heavy (non-hydrogen) atoms. The van der Waals surface area contributed by atoms with Gasteiger partial charge >= 0.3 is 0 Å². The Bertz CT molecular complexity index is 869. The topological polar surface area (TPSA) is 109 Å². The first kappa shape index (κ1) is 17.8. The van der Waals surface area contributed by atoms with E-state index in [0.717, 1.165) is 6.07 Å². The van der Waals surface area contributed by atoms with E-state index in [1.54, 1.807) is 6.08 Å². The molecular weight excluding hydrogens is 464 g/mol. The molecule has 0 saturated carbocycles. The van der Waals surface area contributed by atoms with Gasteiger partial charge in [0.05, 0.1) is 9.80 Å². The van der Waals surface area contributed by atoms with Crippen LogP contribution < -0.4 is 0 Å². The second-order valence-electron chi connectivity index (χ2n) is 4.55. The summed E-state index contributed by atoms with van der Waals surface area (Å²) in [6, 6.07) is 5.43. The third-order valence-corrected chi connectivity index (χ3v) is 5.86. The number of hydrogen-bond acceptors (Lipinski definition) is 4. The number of rotatable bonds is 3. The van der Waals surface area contributed by atoms with E-state index in [4.69, 9.17) is 0 Å². The summed E-state index contributed by atoms with van der Waals surface area (Å²) in [4.78, 5) is -0.823. The average Bonchev–Trinajstić information content (AvgIpc) is 2.36. The summed E-state index contributed by atoms with van der Waals surface area (Å²) < 4.78 is 63.9. The molecule has 0 amide bonds. The van der Waals surface area contributed by atoms with Crippen molar-refractivity contribution in [3.8, 4) is 0 Å². The van der Waals surface area contributed by atoms with Crippen molar-refractivity contribution in [1.82, 2.24) is 0 Å². The quantitative estimate of drug-likeness (QED) is 0.397. The highest BCUT2D eigenvalue weighted by molar-refractivity contribution is 9.25. The van der Waals surface area contributed by atoms with E-state index in [-0.39, 0.29) is 5.56 Å². The van der Waals surface area contributed by atoms with Crippen LogP contribution in [0.3, 0.4) is 0 Å². The van der Waals surface area contributed by atoms with Gasteiger partial charge in [0.1, 0.15) is 3.23 Å². The first-order valence-electron chi connectivity index (χ1n) is 5.76. The van der Waals surface area contributed by atoms with Gasteiger partial charge in [0, 0.05) is 5.92 Å². The molecule has 0 heterocycles. The van der Waals surface area contributed by atoms with Gasteiger partial charge in [-0.3, -0.25) is 9.11 Å². The zero-order chi connectivity index (χ0) is 16.8. The highest BCUT2D eigenvalue weighted by atomic mass is 79.9. The molecular formula is C12H10Br2O6S2. The summed E-state index contributed by atoms with van der Waals surface area (Å²) in [5.74, 6) is -1.05. The summed E-state index contributed by atoms with van der Waals surface area (Å²) >= 11 is 6.39. The van der Waals surface area contributed by atoms with E-state index in [9.17, 15) is 25.9 Å². The Morgan fingerprint density at radius 2 is 1.59 bits per heavy atom. The lowest BCUT2D eigenvalue weighted by atomic mass is 9.94. The Balaban J connectivity index is 2.71. The van der Waals surface area contributed by atoms with Crippen LogP contribution in [0, 0.1) is 0 Å². The fourth-order valence-corrected chi connectivity index (χ4v) is 4.82. The fourth-order valence-electron chi connectivity index (χ4n) is 2.11. The summed E-state index contributed by atoms with van der Waals surface area (Å²) in [5.41, 5.74) is 0.0422. The highest BCUT2D eigenvalue weighted by Gasteiger charge is 2.35. The number of benzene rings is 1. The molecule has 1 aliphatic rings. The predicted octanol–water partition coefficient (Wildman–Crippen LogP) is 2.84. The van der Waals surface area contributed by atoms with Gasteiger partial charge < -0.3 is 0 Å². The minimum atomic E-state index is -4.58. The molecule has 0 bridgehead atoms.